The van der Waals surface area contributed by atoms with Gasteiger partial charge in [-0.15, -0.1) is 0 Å². The normalized spacial score (nSPS) is 10.6. The number of hydrogen-bond donors (Lipinski definition) is 1. The highest BCUT2D eigenvalue weighted by atomic mass is 32.1. The van der Waals surface area contributed by atoms with Crippen LogP contribution in [-0.2, 0) is 13.0 Å². The molecule has 4 heteroatoms. The molecule has 0 unspecified atom stereocenters. The molecule has 0 saturated heterocycles. The van der Waals surface area contributed by atoms with E-state index in [1.165, 1.54) is 29.1 Å². The first-order valence-corrected chi connectivity index (χ1v) is 9.56. The Bertz CT molecular complexity index is 781. The SMILES string of the molecule is CCCCc1nc(-c2ccc(OCc3ccccc3)cc2)sc1NC. The summed E-state index contributed by atoms with van der Waals surface area (Å²) in [6, 6.07) is 18.4. The monoisotopic (exact) mass is 352 g/mol. The van der Waals surface area contributed by atoms with Crippen LogP contribution in [0.2, 0.25) is 0 Å². The largest absolute Gasteiger partial charge is 0.489 e. The van der Waals surface area contributed by atoms with Gasteiger partial charge in [0.15, 0.2) is 0 Å². The molecule has 0 aliphatic rings. The fourth-order valence-electron chi connectivity index (χ4n) is 2.62. The van der Waals surface area contributed by atoms with Crippen molar-refractivity contribution in [3.8, 4) is 16.3 Å². The first-order chi connectivity index (χ1) is 12.3. The van der Waals surface area contributed by atoms with Crippen molar-refractivity contribution in [2.75, 3.05) is 12.4 Å². The van der Waals surface area contributed by atoms with Gasteiger partial charge in [0.1, 0.15) is 22.4 Å². The maximum atomic E-state index is 5.86. The highest BCUT2D eigenvalue weighted by molar-refractivity contribution is 7.19. The number of nitrogens with one attached hydrogen (secondary N) is 1. The number of thiazole rings is 1. The lowest BCUT2D eigenvalue weighted by Crippen LogP contribution is -1.94. The maximum Gasteiger partial charge on any atom is 0.125 e. The van der Waals surface area contributed by atoms with Gasteiger partial charge in [-0.05, 0) is 42.7 Å². The molecule has 1 aromatic heterocycles. The molecule has 0 fully saturated rings. The topological polar surface area (TPSA) is 34.1 Å². The average Bonchev–Trinajstić information content (AvgIpc) is 3.09. The Kier molecular flexibility index (Phi) is 6.07. The molecule has 0 spiro atoms. The second kappa shape index (κ2) is 8.67. The van der Waals surface area contributed by atoms with Gasteiger partial charge in [0.25, 0.3) is 0 Å². The summed E-state index contributed by atoms with van der Waals surface area (Å²) in [5.41, 5.74) is 3.48. The van der Waals surface area contributed by atoms with Crippen LogP contribution < -0.4 is 10.1 Å². The van der Waals surface area contributed by atoms with E-state index in [-0.39, 0.29) is 0 Å². The number of anilines is 1. The number of unbranched alkanes of at least 4 members (excludes halogenated alkanes) is 1. The van der Waals surface area contributed by atoms with Gasteiger partial charge >= 0.3 is 0 Å². The van der Waals surface area contributed by atoms with Crippen molar-refractivity contribution in [1.29, 1.82) is 0 Å². The van der Waals surface area contributed by atoms with Gasteiger partial charge in [-0.2, -0.15) is 0 Å². The van der Waals surface area contributed by atoms with Crippen molar-refractivity contribution < 1.29 is 4.74 Å². The van der Waals surface area contributed by atoms with Gasteiger partial charge in [-0.1, -0.05) is 55.0 Å². The van der Waals surface area contributed by atoms with E-state index in [2.05, 4.69) is 36.5 Å². The standard InChI is InChI=1S/C21H24N2OS/c1-3-4-10-19-21(22-2)25-20(23-19)17-11-13-18(14-12-17)24-15-16-8-6-5-7-9-16/h5-9,11-14,22H,3-4,10,15H2,1-2H3. The van der Waals surface area contributed by atoms with Crippen molar-refractivity contribution in [3.63, 3.8) is 0 Å². The van der Waals surface area contributed by atoms with E-state index < -0.39 is 0 Å². The Morgan fingerprint density at radius 1 is 1.04 bits per heavy atom. The van der Waals surface area contributed by atoms with Crippen molar-refractivity contribution in [2.45, 2.75) is 32.8 Å². The molecular weight excluding hydrogens is 328 g/mol. The number of ether oxygens (including phenoxy) is 1. The summed E-state index contributed by atoms with van der Waals surface area (Å²) in [5.74, 6) is 0.879. The first kappa shape index (κ1) is 17.5. The van der Waals surface area contributed by atoms with Crippen LogP contribution in [0.5, 0.6) is 5.75 Å². The summed E-state index contributed by atoms with van der Waals surface area (Å²) < 4.78 is 5.86. The van der Waals surface area contributed by atoms with Crippen LogP contribution in [0.25, 0.3) is 10.6 Å². The predicted octanol–water partition coefficient (Wildman–Crippen LogP) is 5.77. The third-order valence-electron chi connectivity index (χ3n) is 4.04. The Balaban J connectivity index is 1.68. The third kappa shape index (κ3) is 4.60. The molecule has 1 heterocycles. The molecular formula is C21H24N2OS. The fourth-order valence-corrected chi connectivity index (χ4v) is 3.59. The molecule has 0 amide bonds. The van der Waals surface area contributed by atoms with Gasteiger partial charge < -0.3 is 10.1 Å². The molecule has 0 atom stereocenters. The van der Waals surface area contributed by atoms with Crippen LogP contribution in [0.1, 0.15) is 31.0 Å². The summed E-state index contributed by atoms with van der Waals surface area (Å²) in [5, 5.41) is 5.51. The van der Waals surface area contributed by atoms with Crippen molar-refractivity contribution in [1.82, 2.24) is 4.98 Å². The Morgan fingerprint density at radius 2 is 1.80 bits per heavy atom. The third-order valence-corrected chi connectivity index (χ3v) is 5.21. The van der Waals surface area contributed by atoms with E-state index in [9.17, 15) is 0 Å². The number of rotatable bonds is 8. The number of aromatic nitrogens is 1. The van der Waals surface area contributed by atoms with E-state index in [0.29, 0.717) is 6.61 Å². The summed E-state index contributed by atoms with van der Waals surface area (Å²) >= 11 is 1.72. The number of benzene rings is 2. The minimum Gasteiger partial charge on any atom is -0.489 e. The zero-order valence-corrected chi connectivity index (χ0v) is 15.6. The van der Waals surface area contributed by atoms with Crippen LogP contribution >= 0.6 is 11.3 Å². The van der Waals surface area contributed by atoms with Crippen LogP contribution in [0.4, 0.5) is 5.00 Å². The zero-order chi connectivity index (χ0) is 17.5. The summed E-state index contributed by atoms with van der Waals surface area (Å²) in [6.07, 6.45) is 3.38. The second-order valence-corrected chi connectivity index (χ2v) is 6.95. The van der Waals surface area contributed by atoms with Gasteiger partial charge in [-0.25, -0.2) is 4.98 Å². The Morgan fingerprint density at radius 3 is 2.48 bits per heavy atom. The first-order valence-electron chi connectivity index (χ1n) is 8.74. The predicted molar refractivity (Wildman–Crippen MR) is 106 cm³/mol. The Labute approximate surface area is 153 Å². The molecule has 0 bridgehead atoms. The van der Waals surface area contributed by atoms with Crippen molar-refractivity contribution in [3.05, 3.63) is 65.9 Å². The van der Waals surface area contributed by atoms with Crippen LogP contribution in [0.15, 0.2) is 54.6 Å². The van der Waals surface area contributed by atoms with Gasteiger partial charge in [-0.3, -0.25) is 0 Å². The van der Waals surface area contributed by atoms with E-state index in [0.717, 1.165) is 22.7 Å². The molecule has 0 radical (unpaired) electrons. The Hall–Kier alpha value is -2.33. The molecule has 1 N–H and O–H groups in total. The smallest absolute Gasteiger partial charge is 0.125 e. The molecule has 3 rings (SSSR count). The quantitative estimate of drug-likeness (QED) is 0.558. The maximum absolute atomic E-state index is 5.86. The minimum atomic E-state index is 0.586. The molecule has 0 saturated carbocycles. The van der Waals surface area contributed by atoms with E-state index in [4.69, 9.17) is 9.72 Å². The molecule has 0 aliphatic carbocycles. The fraction of sp³-hybridized carbons (Fsp3) is 0.286. The molecule has 0 aliphatic heterocycles. The van der Waals surface area contributed by atoms with Crippen LogP contribution in [-0.4, -0.2) is 12.0 Å². The molecule has 25 heavy (non-hydrogen) atoms. The lowest BCUT2D eigenvalue weighted by atomic mass is 10.2. The number of aryl methyl sites for hydroxylation is 1. The van der Waals surface area contributed by atoms with Crippen molar-refractivity contribution in [2.24, 2.45) is 0 Å². The highest BCUT2D eigenvalue weighted by Gasteiger charge is 2.11. The highest BCUT2D eigenvalue weighted by Crippen LogP contribution is 2.33. The number of nitrogens with zero attached hydrogens (tertiary/aromatic N) is 1. The molecule has 3 nitrogen and oxygen atoms in total. The van der Waals surface area contributed by atoms with Gasteiger partial charge in [0, 0.05) is 12.6 Å². The van der Waals surface area contributed by atoms with Crippen molar-refractivity contribution >= 4 is 16.3 Å². The zero-order valence-electron chi connectivity index (χ0n) is 14.8. The lowest BCUT2D eigenvalue weighted by molar-refractivity contribution is 0.306. The summed E-state index contributed by atoms with van der Waals surface area (Å²) in [4.78, 5) is 4.83. The van der Waals surface area contributed by atoms with Gasteiger partial charge in [0.2, 0.25) is 0 Å². The average molecular weight is 353 g/mol. The molecule has 130 valence electrons. The minimum absolute atomic E-state index is 0.586. The lowest BCUT2D eigenvalue weighted by Gasteiger charge is -2.06. The van der Waals surface area contributed by atoms with E-state index in [1.807, 2.05) is 37.4 Å². The second-order valence-electron chi connectivity index (χ2n) is 5.95. The number of hydrogen-bond acceptors (Lipinski definition) is 4. The van der Waals surface area contributed by atoms with Gasteiger partial charge in [0.05, 0.1) is 5.69 Å². The molecule has 2 aromatic carbocycles. The van der Waals surface area contributed by atoms with Crippen LogP contribution in [0.3, 0.4) is 0 Å². The van der Waals surface area contributed by atoms with E-state index in [1.54, 1.807) is 11.3 Å². The van der Waals surface area contributed by atoms with Crippen LogP contribution in [0, 0.1) is 0 Å². The molecule has 3 aromatic rings. The van der Waals surface area contributed by atoms with E-state index >= 15 is 0 Å². The summed E-state index contributed by atoms with van der Waals surface area (Å²) in [7, 11) is 1.97. The summed E-state index contributed by atoms with van der Waals surface area (Å²) in [6.45, 7) is 2.79.